The van der Waals surface area contributed by atoms with Crippen LogP contribution in [-0.4, -0.2) is 15.0 Å². The van der Waals surface area contributed by atoms with E-state index in [1.807, 2.05) is 72.0 Å². The summed E-state index contributed by atoms with van der Waals surface area (Å²) in [5.74, 6) is 1.97. The monoisotopic (exact) mass is 567 g/mol. The van der Waals surface area contributed by atoms with Gasteiger partial charge in [0.15, 0.2) is 17.5 Å². The Bertz CT molecular complexity index is 2170. The van der Waals surface area contributed by atoms with Crippen LogP contribution >= 0.6 is 11.3 Å². The smallest absolute Gasteiger partial charge is 0.164 e. The lowest BCUT2D eigenvalue weighted by atomic mass is 9.95. The first-order valence-electron chi connectivity index (χ1n) is 14.3. The Morgan fingerprint density at radius 1 is 0.349 bits per heavy atom. The summed E-state index contributed by atoms with van der Waals surface area (Å²) >= 11 is 1.86. The molecule has 0 aliphatic heterocycles. The summed E-state index contributed by atoms with van der Waals surface area (Å²) in [6, 6.07) is 52.8. The van der Waals surface area contributed by atoms with E-state index in [2.05, 4.69) is 91.0 Å². The van der Waals surface area contributed by atoms with Gasteiger partial charge in [-0.15, -0.1) is 11.3 Å². The quantitative estimate of drug-likeness (QED) is 0.208. The minimum Gasteiger partial charge on any atom is -0.208 e. The van der Waals surface area contributed by atoms with Crippen LogP contribution in [0.15, 0.2) is 152 Å². The summed E-state index contributed by atoms with van der Waals surface area (Å²) in [6.07, 6.45) is 0. The summed E-state index contributed by atoms with van der Waals surface area (Å²) in [5.41, 5.74) is 7.62. The van der Waals surface area contributed by atoms with Crippen molar-refractivity contribution < 1.29 is 0 Å². The van der Waals surface area contributed by atoms with Crippen LogP contribution in [0.4, 0.5) is 0 Å². The van der Waals surface area contributed by atoms with E-state index in [0.717, 1.165) is 27.8 Å². The van der Waals surface area contributed by atoms with Gasteiger partial charge in [0, 0.05) is 42.4 Å². The molecule has 2 heterocycles. The molecule has 0 unspecified atom stereocenters. The van der Waals surface area contributed by atoms with Gasteiger partial charge in [-0.3, -0.25) is 0 Å². The second-order valence-corrected chi connectivity index (χ2v) is 11.5. The van der Waals surface area contributed by atoms with Gasteiger partial charge in [-0.25, -0.2) is 15.0 Å². The van der Waals surface area contributed by atoms with Crippen molar-refractivity contribution in [3.05, 3.63) is 152 Å². The maximum Gasteiger partial charge on any atom is 0.164 e. The van der Waals surface area contributed by atoms with E-state index >= 15 is 0 Å². The molecule has 0 spiro atoms. The fourth-order valence-corrected chi connectivity index (χ4v) is 6.82. The lowest BCUT2D eigenvalue weighted by Crippen LogP contribution is -2.00. The van der Waals surface area contributed by atoms with Crippen molar-refractivity contribution in [2.45, 2.75) is 0 Å². The third-order valence-corrected chi connectivity index (χ3v) is 8.94. The van der Waals surface area contributed by atoms with Crippen LogP contribution in [0, 0.1) is 0 Å². The van der Waals surface area contributed by atoms with Crippen LogP contribution in [0.2, 0.25) is 0 Å². The average Bonchev–Trinajstić information content (AvgIpc) is 3.48. The molecule has 4 heteroatoms. The maximum atomic E-state index is 4.96. The van der Waals surface area contributed by atoms with Gasteiger partial charge in [0.25, 0.3) is 0 Å². The number of aromatic nitrogens is 3. The summed E-state index contributed by atoms with van der Waals surface area (Å²) in [4.78, 5) is 14.8. The summed E-state index contributed by atoms with van der Waals surface area (Å²) in [7, 11) is 0. The van der Waals surface area contributed by atoms with Crippen LogP contribution < -0.4 is 0 Å². The Balaban J connectivity index is 1.31. The molecule has 0 aliphatic carbocycles. The van der Waals surface area contributed by atoms with E-state index in [1.54, 1.807) is 0 Å². The van der Waals surface area contributed by atoms with Crippen molar-refractivity contribution in [2.24, 2.45) is 0 Å². The Labute approximate surface area is 253 Å². The van der Waals surface area contributed by atoms with Crippen molar-refractivity contribution >= 4 is 31.5 Å². The predicted octanol–water partition coefficient (Wildman–Crippen LogP) is 10.6. The lowest BCUT2D eigenvalue weighted by molar-refractivity contribution is 1.07. The molecule has 0 fully saturated rings. The maximum absolute atomic E-state index is 4.96. The number of rotatable bonds is 5. The standard InChI is InChI=1S/C39H25N3S/c1-4-13-26(14-5-1)33-24-31(25-34-32-21-10-11-22-35(32)43-36(33)34)29-19-12-20-30(23-29)39-41-37(27-15-6-2-7-16-27)40-38(42-39)28-17-8-3-9-18-28/h1-25H. The van der Waals surface area contributed by atoms with Crippen LogP contribution in [0.1, 0.15) is 0 Å². The number of hydrogen-bond acceptors (Lipinski definition) is 4. The van der Waals surface area contributed by atoms with Crippen LogP contribution in [0.25, 0.3) is 76.6 Å². The first-order valence-corrected chi connectivity index (χ1v) is 15.1. The van der Waals surface area contributed by atoms with E-state index in [9.17, 15) is 0 Å². The van der Waals surface area contributed by atoms with Gasteiger partial charge in [-0.2, -0.15) is 0 Å². The molecule has 0 N–H and O–H groups in total. The average molecular weight is 568 g/mol. The Morgan fingerprint density at radius 2 is 0.860 bits per heavy atom. The molecule has 8 rings (SSSR count). The molecule has 6 aromatic carbocycles. The van der Waals surface area contributed by atoms with Crippen molar-refractivity contribution in [3.8, 4) is 56.4 Å². The molecule has 202 valence electrons. The predicted molar refractivity (Wildman–Crippen MR) is 180 cm³/mol. The molecular weight excluding hydrogens is 543 g/mol. The fraction of sp³-hybridized carbons (Fsp3) is 0. The molecule has 0 aliphatic rings. The minimum absolute atomic E-state index is 0.653. The fourth-order valence-electron chi connectivity index (χ4n) is 5.60. The molecule has 2 aromatic heterocycles. The molecule has 0 atom stereocenters. The topological polar surface area (TPSA) is 38.7 Å². The van der Waals surface area contributed by atoms with Crippen LogP contribution in [0.5, 0.6) is 0 Å². The zero-order valence-corrected chi connectivity index (χ0v) is 24.0. The first-order chi connectivity index (χ1) is 21.3. The number of fused-ring (bicyclic) bond motifs is 3. The van der Waals surface area contributed by atoms with Crippen LogP contribution in [0.3, 0.4) is 0 Å². The number of benzene rings is 6. The van der Waals surface area contributed by atoms with Gasteiger partial charge in [-0.1, -0.05) is 127 Å². The molecule has 0 saturated carbocycles. The van der Waals surface area contributed by atoms with E-state index in [-0.39, 0.29) is 0 Å². The van der Waals surface area contributed by atoms with E-state index in [1.165, 1.54) is 31.3 Å². The van der Waals surface area contributed by atoms with E-state index in [4.69, 9.17) is 15.0 Å². The Morgan fingerprint density at radius 3 is 1.51 bits per heavy atom. The van der Waals surface area contributed by atoms with Gasteiger partial charge in [-0.05, 0) is 41.0 Å². The van der Waals surface area contributed by atoms with Crippen molar-refractivity contribution in [1.82, 2.24) is 15.0 Å². The highest BCUT2D eigenvalue weighted by Crippen LogP contribution is 2.43. The molecule has 0 radical (unpaired) electrons. The normalized spacial score (nSPS) is 11.3. The summed E-state index contributed by atoms with van der Waals surface area (Å²) in [5, 5.41) is 2.57. The molecule has 0 bridgehead atoms. The highest BCUT2D eigenvalue weighted by Gasteiger charge is 2.16. The molecule has 8 aromatic rings. The summed E-state index contributed by atoms with van der Waals surface area (Å²) < 4.78 is 2.61. The third kappa shape index (κ3) is 4.78. The molecule has 43 heavy (non-hydrogen) atoms. The van der Waals surface area contributed by atoms with Gasteiger partial charge in [0.05, 0.1) is 0 Å². The van der Waals surface area contributed by atoms with Crippen molar-refractivity contribution in [1.29, 1.82) is 0 Å². The van der Waals surface area contributed by atoms with E-state index < -0.39 is 0 Å². The Kier molecular flexibility index (Phi) is 6.32. The lowest BCUT2D eigenvalue weighted by Gasteiger charge is -2.11. The van der Waals surface area contributed by atoms with Crippen molar-refractivity contribution in [3.63, 3.8) is 0 Å². The number of thiophene rings is 1. The number of hydrogen-bond donors (Lipinski definition) is 0. The first kappa shape index (κ1) is 25.3. The molecule has 3 nitrogen and oxygen atoms in total. The van der Waals surface area contributed by atoms with Gasteiger partial charge >= 0.3 is 0 Å². The van der Waals surface area contributed by atoms with Crippen molar-refractivity contribution in [2.75, 3.05) is 0 Å². The number of nitrogens with zero attached hydrogens (tertiary/aromatic N) is 3. The largest absolute Gasteiger partial charge is 0.208 e. The van der Waals surface area contributed by atoms with Gasteiger partial charge < -0.3 is 0 Å². The second kappa shape index (κ2) is 10.8. The zero-order chi connectivity index (χ0) is 28.6. The third-order valence-electron chi connectivity index (χ3n) is 7.72. The summed E-state index contributed by atoms with van der Waals surface area (Å²) in [6.45, 7) is 0. The highest BCUT2D eigenvalue weighted by atomic mass is 32.1. The van der Waals surface area contributed by atoms with E-state index in [0.29, 0.717) is 17.5 Å². The highest BCUT2D eigenvalue weighted by molar-refractivity contribution is 7.26. The van der Waals surface area contributed by atoms with Gasteiger partial charge in [0.2, 0.25) is 0 Å². The second-order valence-electron chi connectivity index (χ2n) is 10.5. The zero-order valence-electron chi connectivity index (χ0n) is 23.2. The minimum atomic E-state index is 0.653. The molecular formula is C39H25N3S. The molecule has 0 amide bonds. The Hall–Kier alpha value is -5.45. The van der Waals surface area contributed by atoms with Gasteiger partial charge in [0.1, 0.15) is 0 Å². The SMILES string of the molecule is c1ccc(-c2nc(-c3ccccc3)nc(-c3cccc(-c4cc(-c5ccccc5)c5sc6ccccc6c5c4)c3)n2)cc1. The van der Waals surface area contributed by atoms with Crippen LogP contribution in [-0.2, 0) is 0 Å². The molecule has 0 saturated heterocycles.